The van der Waals surface area contributed by atoms with E-state index in [9.17, 15) is 4.79 Å². The Morgan fingerprint density at radius 3 is 2.76 bits per heavy atom. The van der Waals surface area contributed by atoms with Gasteiger partial charge in [-0.15, -0.1) is 0 Å². The summed E-state index contributed by atoms with van der Waals surface area (Å²) < 4.78 is 8.17. The zero-order valence-corrected chi connectivity index (χ0v) is 22.2. The van der Waals surface area contributed by atoms with Crippen molar-refractivity contribution < 1.29 is 14.4 Å². The molecule has 38 heavy (non-hydrogen) atoms. The lowest BCUT2D eigenvalue weighted by Gasteiger charge is -2.33. The largest absolute Gasteiger partial charge is 0.485 e. The summed E-state index contributed by atoms with van der Waals surface area (Å²) in [6.07, 6.45) is 4.92. The number of nitrogens with zero attached hydrogens (tertiary/aromatic N) is 5. The maximum absolute atomic E-state index is 12.6. The lowest BCUT2D eigenvalue weighted by atomic mass is 9.87. The number of fused-ring (bicyclic) bond motifs is 4. The first kappa shape index (κ1) is 24.6. The van der Waals surface area contributed by atoms with Crippen LogP contribution in [0, 0.1) is 6.92 Å². The Labute approximate surface area is 222 Å². The Balaban J connectivity index is 1.13. The molecule has 196 valence electrons. The summed E-state index contributed by atoms with van der Waals surface area (Å²) >= 11 is 0. The molecule has 4 aromatic rings. The molecule has 4 heterocycles. The maximum atomic E-state index is 12.6. The van der Waals surface area contributed by atoms with Gasteiger partial charge in [0.05, 0.1) is 24.0 Å². The Morgan fingerprint density at radius 1 is 1.13 bits per heavy atom. The average Bonchev–Trinajstić information content (AvgIpc) is 3.39. The molecule has 8 heteroatoms. The summed E-state index contributed by atoms with van der Waals surface area (Å²) in [6.45, 7) is 5.50. The Morgan fingerprint density at radius 2 is 1.95 bits per heavy atom. The van der Waals surface area contributed by atoms with E-state index in [0.717, 1.165) is 67.2 Å². The minimum atomic E-state index is -0.289. The van der Waals surface area contributed by atoms with Crippen molar-refractivity contribution in [1.29, 1.82) is 0 Å². The topological polar surface area (TPSA) is 72.7 Å². The molecule has 8 nitrogen and oxygen atoms in total. The number of aryl methyl sites for hydroxylation is 1. The number of benzene rings is 2. The first-order chi connectivity index (χ1) is 18.5. The lowest BCUT2D eigenvalue weighted by Crippen LogP contribution is -2.34. The molecule has 1 fully saturated rings. The number of hydroxylamine groups is 2. The van der Waals surface area contributed by atoms with E-state index in [1.54, 1.807) is 13.4 Å². The second-order valence-corrected chi connectivity index (χ2v) is 10.2. The number of carbonyl (C=O) groups is 1. The lowest BCUT2D eigenvalue weighted by molar-refractivity contribution is -0.0761. The van der Waals surface area contributed by atoms with Crippen molar-refractivity contribution in [3.8, 4) is 11.4 Å². The fraction of sp³-hybridized carbons (Fsp3) is 0.367. The van der Waals surface area contributed by atoms with Crippen LogP contribution in [0.2, 0.25) is 0 Å². The molecule has 2 aromatic carbocycles. The minimum absolute atomic E-state index is 0.289. The summed E-state index contributed by atoms with van der Waals surface area (Å²) in [6, 6.07) is 17.1. The van der Waals surface area contributed by atoms with E-state index < -0.39 is 0 Å². The number of aromatic nitrogens is 3. The van der Waals surface area contributed by atoms with E-state index in [4.69, 9.17) is 14.6 Å². The zero-order chi connectivity index (χ0) is 26.2. The maximum Gasteiger partial charge on any atom is 0.297 e. The molecular weight excluding hydrogens is 478 g/mol. The molecule has 0 aliphatic carbocycles. The van der Waals surface area contributed by atoms with E-state index in [0.29, 0.717) is 18.2 Å². The zero-order valence-electron chi connectivity index (χ0n) is 22.2. The molecule has 2 aliphatic rings. The highest BCUT2D eigenvalue weighted by Crippen LogP contribution is 2.36. The van der Waals surface area contributed by atoms with Crippen LogP contribution in [-0.2, 0) is 17.9 Å². The number of hydrogen-bond acceptors (Lipinski definition) is 6. The third-order valence-electron chi connectivity index (χ3n) is 7.95. The molecular formula is C30H33N5O3. The van der Waals surface area contributed by atoms with Crippen molar-refractivity contribution in [3.05, 3.63) is 83.1 Å². The number of amides is 1. The molecule has 0 bridgehead atoms. The molecule has 2 aromatic heterocycles. The first-order valence-corrected chi connectivity index (χ1v) is 13.3. The van der Waals surface area contributed by atoms with Crippen molar-refractivity contribution in [3.63, 3.8) is 0 Å². The highest BCUT2D eigenvalue weighted by Gasteiger charge is 2.28. The number of likely N-dealkylation sites (tertiary alicyclic amines) is 1. The van der Waals surface area contributed by atoms with Crippen LogP contribution >= 0.6 is 0 Å². The van der Waals surface area contributed by atoms with Gasteiger partial charge in [-0.1, -0.05) is 30.3 Å². The molecule has 0 spiro atoms. The fourth-order valence-electron chi connectivity index (χ4n) is 5.78. The van der Waals surface area contributed by atoms with Gasteiger partial charge < -0.3 is 9.64 Å². The van der Waals surface area contributed by atoms with Crippen LogP contribution in [0.4, 0.5) is 0 Å². The van der Waals surface area contributed by atoms with Gasteiger partial charge in [-0.2, -0.15) is 0 Å². The van der Waals surface area contributed by atoms with Crippen LogP contribution in [-0.4, -0.2) is 64.2 Å². The van der Waals surface area contributed by atoms with Crippen molar-refractivity contribution in [2.75, 3.05) is 33.8 Å². The van der Waals surface area contributed by atoms with Crippen molar-refractivity contribution >= 4 is 16.8 Å². The SMILES string of the molecule is CON(C)C(=O)c1ncn2c1COc1c(CCN3CCC(c4cccc5nc(C)ccc45)CC3)cccc1-2. The number of carbonyl (C=O) groups excluding carboxylic acids is 1. The molecule has 0 atom stereocenters. The van der Waals surface area contributed by atoms with E-state index in [-0.39, 0.29) is 5.91 Å². The van der Waals surface area contributed by atoms with Crippen LogP contribution in [0.3, 0.4) is 0 Å². The van der Waals surface area contributed by atoms with Crippen LogP contribution in [0.5, 0.6) is 5.75 Å². The van der Waals surface area contributed by atoms with Gasteiger partial charge in [0.15, 0.2) is 5.69 Å². The van der Waals surface area contributed by atoms with Gasteiger partial charge in [-0.05, 0) is 74.5 Å². The fourth-order valence-corrected chi connectivity index (χ4v) is 5.78. The highest BCUT2D eigenvalue weighted by molar-refractivity contribution is 5.93. The van der Waals surface area contributed by atoms with Crippen molar-refractivity contribution in [2.24, 2.45) is 0 Å². The average molecular weight is 512 g/mol. The molecule has 0 saturated carbocycles. The molecule has 0 N–H and O–H groups in total. The smallest absolute Gasteiger partial charge is 0.297 e. The number of rotatable bonds is 6. The van der Waals surface area contributed by atoms with E-state index in [1.807, 2.05) is 17.6 Å². The quantitative estimate of drug-likeness (QED) is 0.350. The first-order valence-electron chi connectivity index (χ1n) is 13.3. The number of para-hydroxylation sites is 1. The monoisotopic (exact) mass is 511 g/mol. The molecule has 0 radical (unpaired) electrons. The predicted molar refractivity (Wildman–Crippen MR) is 146 cm³/mol. The van der Waals surface area contributed by atoms with Gasteiger partial charge in [-0.3, -0.25) is 19.2 Å². The van der Waals surface area contributed by atoms with Crippen LogP contribution in [0.25, 0.3) is 16.6 Å². The molecule has 1 amide bonds. The third kappa shape index (κ3) is 4.44. The second kappa shape index (κ2) is 10.2. The van der Waals surface area contributed by atoms with Gasteiger partial charge in [0.1, 0.15) is 18.7 Å². The van der Waals surface area contributed by atoms with Gasteiger partial charge in [0.25, 0.3) is 5.91 Å². The molecule has 2 aliphatic heterocycles. The van der Waals surface area contributed by atoms with Gasteiger partial charge in [0.2, 0.25) is 0 Å². The summed E-state index contributed by atoms with van der Waals surface area (Å²) in [5, 5.41) is 2.47. The molecule has 6 rings (SSSR count). The summed E-state index contributed by atoms with van der Waals surface area (Å²) in [5.74, 6) is 1.16. The third-order valence-corrected chi connectivity index (χ3v) is 7.95. The van der Waals surface area contributed by atoms with Crippen LogP contribution in [0.15, 0.2) is 54.9 Å². The van der Waals surface area contributed by atoms with Crippen LogP contribution < -0.4 is 4.74 Å². The summed E-state index contributed by atoms with van der Waals surface area (Å²) in [4.78, 5) is 29.3. The standard InChI is InChI=1S/C30H33N5O3/c1-20-10-11-24-23(7-5-8-25(24)32-20)21-12-15-34(16-13-21)17-14-22-6-4-9-26-29(22)38-18-27-28(31-19-35(26)27)30(36)33(2)37-3/h4-11,19,21H,12-18H2,1-3H3. The summed E-state index contributed by atoms with van der Waals surface area (Å²) in [5.41, 5.74) is 6.80. The predicted octanol–water partition coefficient (Wildman–Crippen LogP) is 4.68. The Kier molecular flexibility index (Phi) is 6.59. The number of imidazole rings is 1. The highest BCUT2D eigenvalue weighted by atomic mass is 16.7. The molecule has 0 unspecified atom stereocenters. The number of pyridine rings is 1. The van der Waals surface area contributed by atoms with E-state index >= 15 is 0 Å². The van der Waals surface area contributed by atoms with Crippen molar-refractivity contribution in [2.45, 2.75) is 38.7 Å². The Bertz CT molecular complexity index is 1490. The van der Waals surface area contributed by atoms with E-state index in [1.165, 1.54) is 28.7 Å². The van der Waals surface area contributed by atoms with E-state index in [2.05, 4.69) is 52.3 Å². The summed E-state index contributed by atoms with van der Waals surface area (Å²) in [7, 11) is 3.04. The van der Waals surface area contributed by atoms with Crippen molar-refractivity contribution in [1.82, 2.24) is 24.5 Å². The van der Waals surface area contributed by atoms with Crippen LogP contribution in [0.1, 0.15) is 51.8 Å². The molecule has 1 saturated heterocycles. The Hall–Kier alpha value is -3.75. The second-order valence-electron chi connectivity index (χ2n) is 10.2. The van der Waals surface area contributed by atoms with Gasteiger partial charge in [0, 0.05) is 24.7 Å². The van der Waals surface area contributed by atoms with Gasteiger partial charge >= 0.3 is 0 Å². The number of piperidine rings is 1. The number of ether oxygens (including phenoxy) is 1. The number of hydrogen-bond donors (Lipinski definition) is 0. The normalized spacial score (nSPS) is 15.7. The van der Waals surface area contributed by atoms with Gasteiger partial charge in [-0.25, -0.2) is 10.0 Å². The minimum Gasteiger partial charge on any atom is -0.485 e.